The van der Waals surface area contributed by atoms with E-state index < -0.39 is 0 Å². The number of carbonyl (C=O) groups excluding carboxylic acids is 1. The molecule has 25 heavy (non-hydrogen) atoms. The quantitative estimate of drug-likeness (QED) is 0.744. The van der Waals surface area contributed by atoms with E-state index in [1.54, 1.807) is 22.3 Å². The zero-order valence-electron chi connectivity index (χ0n) is 15.0. The lowest BCUT2D eigenvalue weighted by molar-refractivity contribution is 0.0788. The summed E-state index contributed by atoms with van der Waals surface area (Å²) in [5.41, 5.74) is 6.69. The molecule has 1 unspecified atom stereocenters. The molecule has 2 N–H and O–H groups in total. The van der Waals surface area contributed by atoms with E-state index in [0.717, 1.165) is 11.3 Å². The zero-order valence-corrected chi connectivity index (χ0v) is 16.6. The van der Waals surface area contributed by atoms with Crippen LogP contribution in [0.25, 0.3) is 0 Å². The van der Waals surface area contributed by atoms with Gasteiger partial charge in [0.05, 0.1) is 0 Å². The molecule has 6 heteroatoms. The number of carbonyl (C=O) groups is 1. The molecule has 0 fully saturated rings. The van der Waals surface area contributed by atoms with Crippen molar-refractivity contribution in [2.75, 3.05) is 13.6 Å². The average Bonchev–Trinajstić information content (AvgIpc) is 3.10. The summed E-state index contributed by atoms with van der Waals surface area (Å²) in [6, 6.07) is 11.5. The van der Waals surface area contributed by atoms with Crippen LogP contribution >= 0.6 is 23.7 Å². The molecule has 2 rings (SSSR count). The fourth-order valence-corrected chi connectivity index (χ4v) is 2.88. The molecule has 0 aliphatic carbocycles. The summed E-state index contributed by atoms with van der Waals surface area (Å²) in [6.07, 6.45) is 0.800. The number of hydrogen-bond donors (Lipinski definition) is 1. The SMILES string of the molecule is CC(C)C(N)CCN(C)C(=O)c1cccc(OCc2cccs2)c1.Cl. The summed E-state index contributed by atoms with van der Waals surface area (Å²) in [4.78, 5) is 15.4. The van der Waals surface area contributed by atoms with E-state index in [4.69, 9.17) is 10.5 Å². The Hall–Kier alpha value is -1.56. The Morgan fingerprint density at radius 1 is 1.28 bits per heavy atom. The first-order valence-electron chi connectivity index (χ1n) is 8.23. The van der Waals surface area contributed by atoms with Gasteiger partial charge in [0.15, 0.2) is 0 Å². The van der Waals surface area contributed by atoms with Crippen LogP contribution in [0, 0.1) is 5.92 Å². The zero-order chi connectivity index (χ0) is 17.5. The summed E-state index contributed by atoms with van der Waals surface area (Å²) >= 11 is 1.66. The van der Waals surface area contributed by atoms with Crippen molar-refractivity contribution in [2.24, 2.45) is 11.7 Å². The molecule has 1 heterocycles. The van der Waals surface area contributed by atoms with Crippen LogP contribution in [-0.2, 0) is 6.61 Å². The normalized spacial score (nSPS) is 11.7. The second kappa shape index (κ2) is 10.4. The van der Waals surface area contributed by atoms with E-state index >= 15 is 0 Å². The minimum Gasteiger partial charge on any atom is -0.488 e. The molecule has 0 aliphatic rings. The van der Waals surface area contributed by atoms with Crippen LogP contribution in [-0.4, -0.2) is 30.4 Å². The Labute approximate surface area is 160 Å². The predicted molar refractivity (Wildman–Crippen MR) is 107 cm³/mol. The van der Waals surface area contributed by atoms with Crippen LogP contribution in [0.1, 0.15) is 35.5 Å². The van der Waals surface area contributed by atoms with Crippen LogP contribution in [0.5, 0.6) is 5.75 Å². The number of nitrogens with two attached hydrogens (primary N) is 1. The topological polar surface area (TPSA) is 55.6 Å². The van der Waals surface area contributed by atoms with Gasteiger partial charge >= 0.3 is 0 Å². The molecule has 0 aliphatic heterocycles. The van der Waals surface area contributed by atoms with Crippen LogP contribution in [0.2, 0.25) is 0 Å². The van der Waals surface area contributed by atoms with Gasteiger partial charge in [-0.1, -0.05) is 26.0 Å². The van der Waals surface area contributed by atoms with Crippen LogP contribution in [0.4, 0.5) is 0 Å². The van der Waals surface area contributed by atoms with Gasteiger partial charge in [-0.2, -0.15) is 0 Å². The molecule has 1 amide bonds. The van der Waals surface area contributed by atoms with Crippen molar-refractivity contribution in [3.05, 3.63) is 52.2 Å². The Morgan fingerprint density at radius 3 is 2.68 bits per heavy atom. The third-order valence-electron chi connectivity index (χ3n) is 4.04. The standard InChI is InChI=1S/C19H26N2O2S.ClH/c1-14(2)18(20)9-10-21(3)19(22)15-6-4-7-16(12-15)23-13-17-8-5-11-24-17;/h4-8,11-12,14,18H,9-10,13,20H2,1-3H3;1H. The molecule has 138 valence electrons. The molecule has 0 radical (unpaired) electrons. The fraction of sp³-hybridized carbons (Fsp3) is 0.421. The molecular formula is C19H27ClN2O2S. The van der Waals surface area contributed by atoms with Gasteiger partial charge in [-0.15, -0.1) is 23.7 Å². The summed E-state index contributed by atoms with van der Waals surface area (Å²) < 4.78 is 5.77. The van der Waals surface area contributed by atoms with E-state index in [2.05, 4.69) is 13.8 Å². The average molecular weight is 383 g/mol. The summed E-state index contributed by atoms with van der Waals surface area (Å²) in [5.74, 6) is 1.12. The minimum absolute atomic E-state index is 0. The van der Waals surface area contributed by atoms with E-state index in [1.165, 1.54) is 0 Å². The number of halogens is 1. The lowest BCUT2D eigenvalue weighted by Gasteiger charge is -2.21. The van der Waals surface area contributed by atoms with Crippen LogP contribution in [0.15, 0.2) is 41.8 Å². The number of thiophene rings is 1. The maximum atomic E-state index is 12.5. The van der Waals surface area contributed by atoms with Gasteiger partial charge in [0.1, 0.15) is 12.4 Å². The first-order chi connectivity index (χ1) is 11.5. The molecule has 4 nitrogen and oxygen atoms in total. The highest BCUT2D eigenvalue weighted by atomic mass is 35.5. The summed E-state index contributed by atoms with van der Waals surface area (Å²) in [6.45, 7) is 5.37. The molecule has 0 saturated heterocycles. The molecule has 0 saturated carbocycles. The summed E-state index contributed by atoms with van der Waals surface area (Å²) in [7, 11) is 1.81. The van der Waals surface area contributed by atoms with E-state index in [9.17, 15) is 4.79 Å². The minimum atomic E-state index is -0.00692. The molecule has 1 aromatic heterocycles. The number of hydrogen-bond acceptors (Lipinski definition) is 4. The van der Waals surface area contributed by atoms with Gasteiger partial charge in [-0.3, -0.25) is 4.79 Å². The van der Waals surface area contributed by atoms with E-state index in [0.29, 0.717) is 30.4 Å². The fourth-order valence-electron chi connectivity index (χ4n) is 2.27. The third-order valence-corrected chi connectivity index (χ3v) is 4.89. The number of ether oxygens (including phenoxy) is 1. The molecule has 0 bridgehead atoms. The largest absolute Gasteiger partial charge is 0.488 e. The highest BCUT2D eigenvalue weighted by molar-refractivity contribution is 7.09. The van der Waals surface area contributed by atoms with Crippen molar-refractivity contribution in [1.82, 2.24) is 4.90 Å². The first-order valence-corrected chi connectivity index (χ1v) is 9.11. The van der Waals surface area contributed by atoms with E-state index in [1.807, 2.05) is 42.8 Å². The Kier molecular flexibility index (Phi) is 8.97. The van der Waals surface area contributed by atoms with E-state index in [-0.39, 0.29) is 24.4 Å². The number of rotatable bonds is 8. The lowest BCUT2D eigenvalue weighted by atomic mass is 10.0. The predicted octanol–water partition coefficient (Wildman–Crippen LogP) is 4.19. The number of amides is 1. The molecule has 2 aromatic rings. The summed E-state index contributed by atoms with van der Waals surface area (Å²) in [5, 5.41) is 2.02. The lowest BCUT2D eigenvalue weighted by Crippen LogP contribution is -2.34. The van der Waals surface area contributed by atoms with Crippen molar-refractivity contribution < 1.29 is 9.53 Å². The smallest absolute Gasteiger partial charge is 0.253 e. The van der Waals surface area contributed by atoms with Crippen molar-refractivity contribution in [3.8, 4) is 5.75 Å². The van der Waals surface area contributed by atoms with Gasteiger partial charge in [0, 0.05) is 30.1 Å². The Balaban J connectivity index is 0.00000312. The highest BCUT2D eigenvalue weighted by Gasteiger charge is 2.15. The van der Waals surface area contributed by atoms with Gasteiger partial charge in [0.25, 0.3) is 5.91 Å². The van der Waals surface area contributed by atoms with Crippen molar-refractivity contribution >= 4 is 29.7 Å². The maximum absolute atomic E-state index is 12.5. The molecular weight excluding hydrogens is 356 g/mol. The first kappa shape index (κ1) is 21.5. The van der Waals surface area contributed by atoms with Crippen molar-refractivity contribution in [3.63, 3.8) is 0 Å². The van der Waals surface area contributed by atoms with Gasteiger partial charge in [0.2, 0.25) is 0 Å². The Morgan fingerprint density at radius 2 is 2.04 bits per heavy atom. The van der Waals surface area contributed by atoms with Crippen molar-refractivity contribution in [2.45, 2.75) is 32.9 Å². The maximum Gasteiger partial charge on any atom is 0.253 e. The number of benzene rings is 1. The molecule has 1 atom stereocenters. The monoisotopic (exact) mass is 382 g/mol. The highest BCUT2D eigenvalue weighted by Crippen LogP contribution is 2.18. The number of nitrogens with zero attached hydrogens (tertiary/aromatic N) is 1. The van der Waals surface area contributed by atoms with Gasteiger partial charge in [-0.25, -0.2) is 0 Å². The van der Waals surface area contributed by atoms with Crippen LogP contribution < -0.4 is 10.5 Å². The second-order valence-electron chi connectivity index (χ2n) is 6.32. The van der Waals surface area contributed by atoms with Gasteiger partial charge in [-0.05, 0) is 42.0 Å². The van der Waals surface area contributed by atoms with Gasteiger partial charge < -0.3 is 15.4 Å². The second-order valence-corrected chi connectivity index (χ2v) is 7.35. The Bertz CT molecular complexity index is 647. The molecule has 0 spiro atoms. The van der Waals surface area contributed by atoms with Crippen molar-refractivity contribution in [1.29, 1.82) is 0 Å². The third kappa shape index (κ3) is 6.69. The van der Waals surface area contributed by atoms with Crippen LogP contribution in [0.3, 0.4) is 0 Å². The molecule has 1 aromatic carbocycles.